The largest absolute Gasteiger partial charge is 0.480 e. The number of carboxylic acid groups (broad SMARTS) is 5. The van der Waals surface area contributed by atoms with Crippen molar-refractivity contribution >= 4 is 52.9 Å². The molecule has 42 heavy (non-hydrogen) atoms. The maximum atomic E-state index is 12.0. The lowest BCUT2D eigenvalue weighted by molar-refractivity contribution is -0.146. The van der Waals surface area contributed by atoms with Crippen LogP contribution in [0.4, 0.5) is 5.69 Å². The Hall–Kier alpha value is -3.86. The van der Waals surface area contributed by atoms with Crippen LogP contribution in [0.1, 0.15) is 31.2 Å². The lowest BCUT2D eigenvalue weighted by atomic mass is 9.87. The third kappa shape index (κ3) is 11.9. The van der Waals surface area contributed by atoms with E-state index in [1.165, 1.54) is 9.80 Å². The first kappa shape index (κ1) is 34.3. The van der Waals surface area contributed by atoms with E-state index in [2.05, 4.69) is 5.32 Å². The SMILES string of the molecule is NC(=S)Nc1ccc(C[C@H](CN(CC(=O)O)[C@H]2CCCC[C@@H]2N(CC(=O)O)CC(=O)O)N(CC(=O)O)CC(=O)O)cc1. The molecule has 232 valence electrons. The predicted molar refractivity (Wildman–Crippen MR) is 153 cm³/mol. The molecule has 0 saturated heterocycles. The summed E-state index contributed by atoms with van der Waals surface area (Å²) in [6.07, 6.45) is 2.38. The lowest BCUT2D eigenvalue weighted by Gasteiger charge is -2.45. The Balaban J connectivity index is 2.49. The summed E-state index contributed by atoms with van der Waals surface area (Å²) in [4.78, 5) is 62.7. The molecule has 0 bridgehead atoms. The maximum absolute atomic E-state index is 12.0. The second-order valence-electron chi connectivity index (χ2n) is 10.2. The fraction of sp³-hybridized carbons (Fsp3) is 0.538. The minimum Gasteiger partial charge on any atom is -0.480 e. The molecule has 1 aliphatic carbocycles. The molecule has 1 aromatic carbocycles. The van der Waals surface area contributed by atoms with Crippen molar-refractivity contribution in [3.63, 3.8) is 0 Å². The number of anilines is 1. The Morgan fingerprint density at radius 3 is 1.62 bits per heavy atom. The highest BCUT2D eigenvalue weighted by Crippen LogP contribution is 2.28. The summed E-state index contributed by atoms with van der Waals surface area (Å²) in [5, 5.41) is 50.6. The molecule has 15 nitrogen and oxygen atoms in total. The molecule has 16 heteroatoms. The van der Waals surface area contributed by atoms with Crippen molar-refractivity contribution < 1.29 is 49.5 Å². The maximum Gasteiger partial charge on any atom is 0.317 e. The fourth-order valence-corrected chi connectivity index (χ4v) is 5.57. The minimum atomic E-state index is -1.27. The molecule has 3 atom stereocenters. The summed E-state index contributed by atoms with van der Waals surface area (Å²) in [5.41, 5.74) is 6.81. The van der Waals surface area contributed by atoms with Crippen LogP contribution in [0.25, 0.3) is 0 Å². The van der Waals surface area contributed by atoms with Gasteiger partial charge in [0.2, 0.25) is 0 Å². The van der Waals surface area contributed by atoms with Crippen LogP contribution in [0.15, 0.2) is 24.3 Å². The van der Waals surface area contributed by atoms with Gasteiger partial charge >= 0.3 is 29.8 Å². The highest BCUT2D eigenvalue weighted by atomic mass is 32.1. The van der Waals surface area contributed by atoms with Crippen LogP contribution >= 0.6 is 12.2 Å². The molecule has 1 saturated carbocycles. The van der Waals surface area contributed by atoms with E-state index < -0.39 is 80.7 Å². The van der Waals surface area contributed by atoms with Crippen LogP contribution in [-0.4, -0.2) is 133 Å². The van der Waals surface area contributed by atoms with Gasteiger partial charge in [-0.3, -0.25) is 38.7 Å². The molecule has 0 unspecified atom stereocenters. The van der Waals surface area contributed by atoms with Crippen molar-refractivity contribution in [3.8, 4) is 0 Å². The number of nitrogens with zero attached hydrogens (tertiary/aromatic N) is 3. The van der Waals surface area contributed by atoms with Crippen molar-refractivity contribution in [2.45, 2.75) is 50.2 Å². The van der Waals surface area contributed by atoms with Crippen LogP contribution in [-0.2, 0) is 30.4 Å². The zero-order chi connectivity index (χ0) is 31.4. The molecule has 0 aliphatic heterocycles. The van der Waals surface area contributed by atoms with E-state index in [0.717, 1.165) is 0 Å². The van der Waals surface area contributed by atoms with Crippen LogP contribution in [0, 0.1) is 0 Å². The molecular weight excluding hydrogens is 574 g/mol. The second kappa shape index (κ2) is 16.5. The van der Waals surface area contributed by atoms with E-state index in [0.29, 0.717) is 36.9 Å². The fourth-order valence-electron chi connectivity index (χ4n) is 5.45. The van der Waals surface area contributed by atoms with Gasteiger partial charge in [0.15, 0.2) is 5.11 Å². The molecule has 1 aliphatic rings. The molecule has 0 heterocycles. The Labute approximate surface area is 247 Å². The molecule has 0 radical (unpaired) electrons. The van der Waals surface area contributed by atoms with Crippen LogP contribution in [0.2, 0.25) is 0 Å². The third-order valence-corrected chi connectivity index (χ3v) is 7.08. The van der Waals surface area contributed by atoms with Crippen molar-refractivity contribution in [1.29, 1.82) is 0 Å². The lowest BCUT2D eigenvalue weighted by Crippen LogP contribution is -2.59. The number of benzene rings is 1. The van der Waals surface area contributed by atoms with Crippen molar-refractivity contribution in [3.05, 3.63) is 29.8 Å². The number of rotatable bonds is 18. The first-order chi connectivity index (χ1) is 19.7. The van der Waals surface area contributed by atoms with Gasteiger partial charge in [0.05, 0.1) is 32.7 Å². The molecule has 2 rings (SSSR count). The predicted octanol–water partition coefficient (Wildman–Crippen LogP) is -0.107. The van der Waals surface area contributed by atoms with Crippen molar-refractivity contribution in [2.24, 2.45) is 5.73 Å². The van der Waals surface area contributed by atoms with Crippen LogP contribution < -0.4 is 11.1 Å². The number of carbonyl (C=O) groups is 5. The summed E-state index contributed by atoms with van der Waals surface area (Å²) >= 11 is 4.84. The molecule has 0 aromatic heterocycles. The summed E-state index contributed by atoms with van der Waals surface area (Å²) in [6, 6.07) is 4.84. The van der Waals surface area contributed by atoms with Crippen LogP contribution in [0.5, 0.6) is 0 Å². The zero-order valence-electron chi connectivity index (χ0n) is 22.9. The van der Waals surface area contributed by atoms with E-state index in [-0.39, 0.29) is 18.1 Å². The Bertz CT molecular complexity index is 1100. The van der Waals surface area contributed by atoms with E-state index in [1.807, 2.05) is 0 Å². The molecular formula is C26H37N5O10S. The number of carboxylic acids is 5. The van der Waals surface area contributed by atoms with Crippen molar-refractivity contribution in [1.82, 2.24) is 14.7 Å². The zero-order valence-corrected chi connectivity index (χ0v) is 23.7. The molecule has 8 N–H and O–H groups in total. The number of nitrogens with one attached hydrogen (secondary N) is 1. The summed E-state index contributed by atoms with van der Waals surface area (Å²) in [5.74, 6) is -6.20. The average molecular weight is 612 g/mol. The van der Waals surface area contributed by atoms with Gasteiger partial charge in [0.25, 0.3) is 0 Å². The first-order valence-corrected chi connectivity index (χ1v) is 13.6. The summed E-state index contributed by atoms with van der Waals surface area (Å²) in [7, 11) is 0. The van der Waals surface area contributed by atoms with E-state index >= 15 is 0 Å². The molecule has 1 fully saturated rings. The van der Waals surface area contributed by atoms with Gasteiger partial charge in [-0.25, -0.2) is 0 Å². The number of thiocarbonyl (C=S) groups is 1. The van der Waals surface area contributed by atoms with Gasteiger partial charge in [0.1, 0.15) is 0 Å². The molecule has 1 aromatic rings. The summed E-state index contributed by atoms with van der Waals surface area (Å²) in [6.45, 7) is -2.96. The van der Waals surface area contributed by atoms with E-state index in [1.54, 1.807) is 29.2 Å². The number of hydrogen-bond donors (Lipinski definition) is 7. The normalized spacial score (nSPS) is 17.6. The number of hydrogen-bond acceptors (Lipinski definition) is 9. The second-order valence-corrected chi connectivity index (χ2v) is 10.6. The van der Waals surface area contributed by atoms with Crippen molar-refractivity contribution in [2.75, 3.05) is 44.6 Å². The Morgan fingerprint density at radius 1 is 0.762 bits per heavy atom. The van der Waals surface area contributed by atoms with Gasteiger partial charge in [-0.15, -0.1) is 0 Å². The monoisotopic (exact) mass is 611 g/mol. The standard InChI is InChI=1S/C26H37N5O10S/c27-26(42)28-17-7-5-16(6-8-17)9-18(29(11-21(32)33)12-22(34)35)10-30(13-23(36)37)19-3-1-2-4-20(19)31(14-24(38)39)15-25(40)41/h5-8,18-20H,1-4,9-15H2,(H,32,33)(H,34,35)(H,36,37)(H,38,39)(H,40,41)(H3,27,28,42)/t18-,19+,20+/m1/s1. The van der Waals surface area contributed by atoms with E-state index in [4.69, 9.17) is 18.0 Å². The van der Waals surface area contributed by atoms with Gasteiger partial charge < -0.3 is 36.6 Å². The highest BCUT2D eigenvalue weighted by Gasteiger charge is 2.38. The van der Waals surface area contributed by atoms with Crippen LogP contribution in [0.3, 0.4) is 0 Å². The molecule has 0 amide bonds. The molecule has 0 spiro atoms. The average Bonchev–Trinajstić information content (AvgIpc) is 2.86. The van der Waals surface area contributed by atoms with Gasteiger partial charge in [-0.05, 0) is 49.2 Å². The Morgan fingerprint density at radius 2 is 1.19 bits per heavy atom. The summed E-state index contributed by atoms with van der Waals surface area (Å²) < 4.78 is 0. The van der Waals surface area contributed by atoms with Gasteiger partial charge in [0, 0.05) is 30.4 Å². The van der Waals surface area contributed by atoms with Gasteiger partial charge in [-0.1, -0.05) is 25.0 Å². The van der Waals surface area contributed by atoms with E-state index in [9.17, 15) is 49.5 Å². The smallest absolute Gasteiger partial charge is 0.317 e. The first-order valence-electron chi connectivity index (χ1n) is 13.2. The minimum absolute atomic E-state index is 0.0564. The Kier molecular flexibility index (Phi) is 13.5. The third-order valence-electron chi connectivity index (χ3n) is 6.98. The number of aliphatic carboxylic acids is 5. The number of nitrogens with two attached hydrogens (primary N) is 1. The van der Waals surface area contributed by atoms with Gasteiger partial charge in [-0.2, -0.15) is 0 Å². The quantitative estimate of drug-likeness (QED) is 0.107. The highest BCUT2D eigenvalue weighted by molar-refractivity contribution is 7.80. The topological polar surface area (TPSA) is 234 Å².